The Labute approximate surface area is 112 Å². The van der Waals surface area contributed by atoms with Crippen molar-refractivity contribution in [3.63, 3.8) is 0 Å². The number of rotatable bonds is 7. The van der Waals surface area contributed by atoms with Gasteiger partial charge in [-0.1, -0.05) is 13.8 Å². The fourth-order valence-corrected chi connectivity index (χ4v) is 1.39. The highest BCUT2D eigenvalue weighted by Gasteiger charge is 2.08. The SMILES string of the molecule is COc1ccc(C=O)cc1OCC(=O)NCC(C)C. The van der Waals surface area contributed by atoms with Crippen molar-refractivity contribution in [2.45, 2.75) is 13.8 Å². The third kappa shape index (κ3) is 4.99. The van der Waals surface area contributed by atoms with Gasteiger partial charge in [0.05, 0.1) is 7.11 Å². The van der Waals surface area contributed by atoms with E-state index in [0.717, 1.165) is 0 Å². The summed E-state index contributed by atoms with van der Waals surface area (Å²) in [7, 11) is 1.50. The lowest BCUT2D eigenvalue weighted by Crippen LogP contribution is -2.31. The molecular weight excluding hydrogens is 246 g/mol. The van der Waals surface area contributed by atoms with Gasteiger partial charge in [-0.2, -0.15) is 0 Å². The van der Waals surface area contributed by atoms with E-state index < -0.39 is 0 Å². The van der Waals surface area contributed by atoms with E-state index in [1.54, 1.807) is 18.2 Å². The first-order valence-corrected chi connectivity index (χ1v) is 6.09. The van der Waals surface area contributed by atoms with E-state index in [0.29, 0.717) is 35.8 Å². The average Bonchev–Trinajstić information content (AvgIpc) is 2.42. The molecule has 5 heteroatoms. The maximum absolute atomic E-state index is 11.5. The maximum Gasteiger partial charge on any atom is 0.257 e. The highest BCUT2D eigenvalue weighted by molar-refractivity contribution is 5.78. The van der Waals surface area contributed by atoms with Gasteiger partial charge in [0.2, 0.25) is 0 Å². The molecule has 0 aliphatic rings. The summed E-state index contributed by atoms with van der Waals surface area (Å²) in [6.07, 6.45) is 0.713. The van der Waals surface area contributed by atoms with Crippen molar-refractivity contribution in [2.75, 3.05) is 20.3 Å². The lowest BCUT2D eigenvalue weighted by atomic mass is 10.2. The molecule has 0 unspecified atom stereocenters. The predicted molar refractivity (Wildman–Crippen MR) is 71.7 cm³/mol. The zero-order chi connectivity index (χ0) is 14.3. The van der Waals surface area contributed by atoms with Crippen molar-refractivity contribution >= 4 is 12.2 Å². The van der Waals surface area contributed by atoms with Gasteiger partial charge >= 0.3 is 0 Å². The Kier molecular flexibility index (Phi) is 5.85. The number of methoxy groups -OCH3 is 1. The van der Waals surface area contributed by atoms with Crippen molar-refractivity contribution in [3.8, 4) is 11.5 Å². The lowest BCUT2D eigenvalue weighted by molar-refractivity contribution is -0.123. The Morgan fingerprint density at radius 1 is 1.37 bits per heavy atom. The molecule has 1 rings (SSSR count). The Balaban J connectivity index is 2.60. The van der Waals surface area contributed by atoms with Crippen LogP contribution in [0, 0.1) is 5.92 Å². The van der Waals surface area contributed by atoms with Gasteiger partial charge < -0.3 is 14.8 Å². The van der Waals surface area contributed by atoms with Gasteiger partial charge in [-0.3, -0.25) is 9.59 Å². The molecule has 5 nitrogen and oxygen atoms in total. The molecule has 1 aromatic rings. The van der Waals surface area contributed by atoms with Gasteiger partial charge in [0, 0.05) is 12.1 Å². The molecule has 1 amide bonds. The summed E-state index contributed by atoms with van der Waals surface area (Å²) in [6, 6.07) is 4.80. The van der Waals surface area contributed by atoms with Crippen LogP contribution in [0.1, 0.15) is 24.2 Å². The Bertz CT molecular complexity index is 443. The van der Waals surface area contributed by atoms with E-state index in [-0.39, 0.29) is 12.5 Å². The normalized spacial score (nSPS) is 10.1. The Morgan fingerprint density at radius 3 is 2.68 bits per heavy atom. The van der Waals surface area contributed by atoms with E-state index in [9.17, 15) is 9.59 Å². The second kappa shape index (κ2) is 7.41. The number of carbonyl (C=O) groups excluding carboxylic acids is 2. The smallest absolute Gasteiger partial charge is 0.257 e. The summed E-state index contributed by atoms with van der Waals surface area (Å²) in [5.41, 5.74) is 0.471. The van der Waals surface area contributed by atoms with Crippen LogP contribution in [0.2, 0.25) is 0 Å². The molecule has 1 N–H and O–H groups in total. The van der Waals surface area contributed by atoms with E-state index in [1.807, 2.05) is 13.8 Å². The minimum atomic E-state index is -0.202. The highest BCUT2D eigenvalue weighted by atomic mass is 16.5. The number of hydrogen-bond donors (Lipinski definition) is 1. The molecule has 0 heterocycles. The van der Waals surface area contributed by atoms with Gasteiger partial charge in [0.1, 0.15) is 6.29 Å². The van der Waals surface area contributed by atoms with Crippen molar-refractivity contribution in [1.29, 1.82) is 0 Å². The number of carbonyl (C=O) groups is 2. The van der Waals surface area contributed by atoms with Gasteiger partial charge in [0.15, 0.2) is 18.1 Å². The van der Waals surface area contributed by atoms with E-state index >= 15 is 0 Å². The standard InChI is InChI=1S/C14H19NO4/c1-10(2)7-15-14(17)9-19-13-6-11(8-16)4-5-12(13)18-3/h4-6,8,10H,7,9H2,1-3H3,(H,15,17). The molecule has 0 bridgehead atoms. The zero-order valence-electron chi connectivity index (χ0n) is 11.4. The minimum Gasteiger partial charge on any atom is -0.493 e. The first-order chi connectivity index (χ1) is 9.06. The molecule has 0 radical (unpaired) electrons. The van der Waals surface area contributed by atoms with Crippen LogP contribution >= 0.6 is 0 Å². The van der Waals surface area contributed by atoms with Gasteiger partial charge in [-0.05, 0) is 24.1 Å². The van der Waals surface area contributed by atoms with E-state index in [2.05, 4.69) is 5.32 Å². The van der Waals surface area contributed by atoms with Crippen LogP contribution in [-0.2, 0) is 4.79 Å². The second-order valence-corrected chi connectivity index (χ2v) is 4.51. The number of benzene rings is 1. The van der Waals surface area contributed by atoms with Crippen LogP contribution in [0.15, 0.2) is 18.2 Å². The molecule has 0 aliphatic heterocycles. The number of hydrogen-bond acceptors (Lipinski definition) is 4. The van der Waals surface area contributed by atoms with Crippen LogP contribution in [-0.4, -0.2) is 32.5 Å². The summed E-state index contributed by atoms with van der Waals surface area (Å²) < 4.78 is 10.5. The number of ether oxygens (including phenoxy) is 2. The molecule has 0 spiro atoms. The predicted octanol–water partition coefficient (Wildman–Crippen LogP) is 1.66. The first kappa shape index (κ1) is 15.0. The van der Waals surface area contributed by atoms with E-state index in [1.165, 1.54) is 7.11 Å². The van der Waals surface area contributed by atoms with Gasteiger partial charge in [-0.25, -0.2) is 0 Å². The summed E-state index contributed by atoms with van der Waals surface area (Å²) in [5, 5.41) is 2.74. The van der Waals surface area contributed by atoms with Crippen LogP contribution in [0.25, 0.3) is 0 Å². The number of aldehydes is 1. The second-order valence-electron chi connectivity index (χ2n) is 4.51. The number of nitrogens with one attached hydrogen (secondary N) is 1. The van der Waals surface area contributed by atoms with Crippen molar-refractivity contribution < 1.29 is 19.1 Å². The quantitative estimate of drug-likeness (QED) is 0.761. The average molecular weight is 265 g/mol. The van der Waals surface area contributed by atoms with Gasteiger partial charge in [0.25, 0.3) is 5.91 Å². The minimum absolute atomic E-state index is 0.106. The van der Waals surface area contributed by atoms with Crippen LogP contribution in [0.5, 0.6) is 11.5 Å². The summed E-state index contributed by atoms with van der Waals surface area (Å²) in [5.74, 6) is 1.05. The highest BCUT2D eigenvalue weighted by Crippen LogP contribution is 2.27. The Hall–Kier alpha value is -2.04. The molecule has 0 saturated carbocycles. The molecule has 19 heavy (non-hydrogen) atoms. The lowest BCUT2D eigenvalue weighted by Gasteiger charge is -2.12. The van der Waals surface area contributed by atoms with Crippen LogP contribution in [0.4, 0.5) is 0 Å². The van der Waals surface area contributed by atoms with E-state index in [4.69, 9.17) is 9.47 Å². The molecule has 104 valence electrons. The molecule has 0 saturated heterocycles. The summed E-state index contributed by atoms with van der Waals surface area (Å²) in [4.78, 5) is 22.2. The van der Waals surface area contributed by atoms with Crippen molar-refractivity contribution in [2.24, 2.45) is 5.92 Å². The Morgan fingerprint density at radius 2 is 2.11 bits per heavy atom. The topological polar surface area (TPSA) is 64.6 Å². The fourth-order valence-electron chi connectivity index (χ4n) is 1.39. The molecule has 0 fully saturated rings. The largest absolute Gasteiger partial charge is 0.493 e. The third-order valence-corrected chi connectivity index (χ3v) is 2.39. The third-order valence-electron chi connectivity index (χ3n) is 2.39. The monoisotopic (exact) mass is 265 g/mol. The molecule has 0 atom stereocenters. The molecule has 0 aliphatic carbocycles. The zero-order valence-corrected chi connectivity index (χ0v) is 11.4. The molecular formula is C14H19NO4. The van der Waals surface area contributed by atoms with Crippen LogP contribution in [0.3, 0.4) is 0 Å². The van der Waals surface area contributed by atoms with Crippen molar-refractivity contribution in [3.05, 3.63) is 23.8 Å². The first-order valence-electron chi connectivity index (χ1n) is 6.09. The summed E-state index contributed by atoms with van der Waals surface area (Å²) >= 11 is 0. The van der Waals surface area contributed by atoms with Crippen LogP contribution < -0.4 is 14.8 Å². The molecule has 0 aromatic heterocycles. The maximum atomic E-state index is 11.5. The number of amides is 1. The summed E-state index contributed by atoms with van der Waals surface area (Å²) in [6.45, 7) is 4.52. The molecule has 1 aromatic carbocycles. The van der Waals surface area contributed by atoms with Crippen molar-refractivity contribution in [1.82, 2.24) is 5.32 Å². The van der Waals surface area contributed by atoms with Gasteiger partial charge in [-0.15, -0.1) is 0 Å². The fraction of sp³-hybridized carbons (Fsp3) is 0.429.